The van der Waals surface area contributed by atoms with Gasteiger partial charge in [-0.05, 0) is 52.7 Å². The van der Waals surface area contributed by atoms with E-state index in [1.807, 2.05) is 6.07 Å². The standard InChI is InChI=1S/C28H35F4N5O3/c1-7-40-26-35-23(33-17(4)18-9-8-10-20(22(18)29)28(30,31)32)19-15-21(25(38-5)34-24(19)36-26)27(39-6)11-13-37(14-12-27)16(2)3/h8-10,15-17H,7,11-14H2,1-6H3,(H,33,34,35,36)/t17-/m1/s1. The maximum absolute atomic E-state index is 15.0. The Morgan fingerprint density at radius 2 is 1.77 bits per heavy atom. The Bertz CT molecular complexity index is 1340. The number of nitrogens with one attached hydrogen (secondary N) is 1. The molecule has 12 heteroatoms. The quantitative estimate of drug-likeness (QED) is 0.312. The van der Waals surface area contributed by atoms with E-state index in [0.29, 0.717) is 35.7 Å². The Labute approximate surface area is 231 Å². The lowest BCUT2D eigenvalue weighted by Crippen LogP contribution is -2.46. The second-order valence-corrected chi connectivity index (χ2v) is 10.1. The number of methoxy groups -OCH3 is 2. The molecule has 0 radical (unpaired) electrons. The van der Waals surface area contributed by atoms with Crippen LogP contribution in [-0.4, -0.2) is 59.8 Å². The highest BCUT2D eigenvalue weighted by Gasteiger charge is 2.40. The zero-order chi connectivity index (χ0) is 29.2. The molecule has 4 rings (SSSR count). The normalized spacial score (nSPS) is 16.8. The zero-order valence-electron chi connectivity index (χ0n) is 23.5. The number of pyridine rings is 1. The molecule has 0 amide bonds. The van der Waals surface area contributed by atoms with Crippen molar-refractivity contribution in [3.63, 3.8) is 0 Å². The van der Waals surface area contributed by atoms with Crippen molar-refractivity contribution in [2.24, 2.45) is 0 Å². The van der Waals surface area contributed by atoms with Crippen LogP contribution in [0.3, 0.4) is 0 Å². The van der Waals surface area contributed by atoms with Crippen molar-refractivity contribution in [2.75, 3.05) is 39.2 Å². The van der Waals surface area contributed by atoms with Crippen molar-refractivity contribution in [2.45, 2.75) is 64.4 Å². The maximum atomic E-state index is 15.0. The molecule has 218 valence electrons. The van der Waals surface area contributed by atoms with Crippen molar-refractivity contribution in [1.29, 1.82) is 0 Å². The highest BCUT2D eigenvalue weighted by Crippen LogP contribution is 2.43. The third-order valence-electron chi connectivity index (χ3n) is 7.47. The summed E-state index contributed by atoms with van der Waals surface area (Å²) in [7, 11) is 3.17. The number of aromatic nitrogens is 3. The molecule has 3 heterocycles. The smallest absolute Gasteiger partial charge is 0.419 e. The number of nitrogens with zero attached hydrogens (tertiary/aromatic N) is 4. The summed E-state index contributed by atoms with van der Waals surface area (Å²) in [5.74, 6) is -0.759. The molecule has 1 aliphatic heterocycles. The van der Waals surface area contributed by atoms with Crippen molar-refractivity contribution in [1.82, 2.24) is 19.9 Å². The number of ether oxygens (including phenoxy) is 3. The van der Waals surface area contributed by atoms with E-state index in [9.17, 15) is 17.6 Å². The van der Waals surface area contributed by atoms with Gasteiger partial charge in [0.15, 0.2) is 5.65 Å². The minimum Gasteiger partial charge on any atom is -0.481 e. The summed E-state index contributed by atoms with van der Waals surface area (Å²) in [6, 6.07) is 4.57. The first-order chi connectivity index (χ1) is 18.9. The van der Waals surface area contributed by atoms with E-state index in [1.54, 1.807) is 21.0 Å². The predicted molar refractivity (Wildman–Crippen MR) is 143 cm³/mol. The minimum atomic E-state index is -4.82. The van der Waals surface area contributed by atoms with Crippen LogP contribution < -0.4 is 14.8 Å². The summed E-state index contributed by atoms with van der Waals surface area (Å²) in [6.07, 6.45) is -3.44. The van der Waals surface area contributed by atoms with Crippen molar-refractivity contribution >= 4 is 16.9 Å². The molecule has 3 aromatic rings. The Balaban J connectivity index is 1.82. The summed E-state index contributed by atoms with van der Waals surface area (Å²) in [5, 5.41) is 3.54. The van der Waals surface area contributed by atoms with Crippen LogP contribution in [0.2, 0.25) is 0 Å². The topological polar surface area (TPSA) is 81.6 Å². The van der Waals surface area contributed by atoms with E-state index < -0.39 is 29.2 Å². The number of hydrogen-bond donors (Lipinski definition) is 1. The van der Waals surface area contributed by atoms with Crippen molar-refractivity contribution in [3.8, 4) is 11.9 Å². The third kappa shape index (κ3) is 5.78. The van der Waals surface area contributed by atoms with Gasteiger partial charge in [-0.25, -0.2) is 4.39 Å². The summed E-state index contributed by atoms with van der Waals surface area (Å²) in [6.45, 7) is 9.52. The fourth-order valence-electron chi connectivity index (χ4n) is 5.17. The van der Waals surface area contributed by atoms with Gasteiger partial charge in [0.2, 0.25) is 5.88 Å². The molecule has 1 aliphatic rings. The van der Waals surface area contributed by atoms with Crippen LogP contribution >= 0.6 is 0 Å². The van der Waals surface area contributed by atoms with E-state index in [2.05, 4.69) is 39.0 Å². The number of piperidine rings is 1. The van der Waals surface area contributed by atoms with Crippen LogP contribution in [0.4, 0.5) is 23.4 Å². The molecule has 1 fully saturated rings. The molecule has 0 unspecified atom stereocenters. The van der Waals surface area contributed by atoms with Gasteiger partial charge in [0.25, 0.3) is 0 Å². The molecule has 0 bridgehead atoms. The molecule has 1 aromatic carbocycles. The van der Waals surface area contributed by atoms with Gasteiger partial charge in [0.05, 0.1) is 30.7 Å². The van der Waals surface area contributed by atoms with Gasteiger partial charge < -0.3 is 24.4 Å². The Hall–Kier alpha value is -3.25. The van der Waals surface area contributed by atoms with Gasteiger partial charge in [0.1, 0.15) is 17.2 Å². The average molecular weight is 566 g/mol. The number of hydrogen-bond acceptors (Lipinski definition) is 8. The number of anilines is 1. The van der Waals surface area contributed by atoms with Crippen molar-refractivity contribution in [3.05, 3.63) is 46.8 Å². The zero-order valence-corrected chi connectivity index (χ0v) is 23.5. The first-order valence-corrected chi connectivity index (χ1v) is 13.3. The Kier molecular flexibility index (Phi) is 8.69. The van der Waals surface area contributed by atoms with Crippen LogP contribution in [0, 0.1) is 5.82 Å². The number of fused-ring (bicyclic) bond motifs is 1. The molecule has 40 heavy (non-hydrogen) atoms. The number of rotatable bonds is 9. The molecular weight excluding hydrogens is 530 g/mol. The van der Waals surface area contributed by atoms with E-state index in [0.717, 1.165) is 19.2 Å². The van der Waals surface area contributed by atoms with Crippen LogP contribution in [0.5, 0.6) is 11.9 Å². The van der Waals surface area contributed by atoms with Gasteiger partial charge in [-0.15, -0.1) is 0 Å². The predicted octanol–water partition coefficient (Wildman–Crippen LogP) is 6.11. The van der Waals surface area contributed by atoms with E-state index in [1.165, 1.54) is 19.2 Å². The molecule has 0 spiro atoms. The lowest BCUT2D eigenvalue weighted by atomic mass is 9.83. The molecule has 2 aromatic heterocycles. The van der Waals surface area contributed by atoms with Gasteiger partial charge in [0, 0.05) is 37.4 Å². The third-order valence-corrected chi connectivity index (χ3v) is 7.47. The van der Waals surface area contributed by atoms with Gasteiger partial charge >= 0.3 is 12.2 Å². The summed E-state index contributed by atoms with van der Waals surface area (Å²) < 4.78 is 72.4. The van der Waals surface area contributed by atoms with E-state index in [4.69, 9.17) is 14.2 Å². The van der Waals surface area contributed by atoms with Gasteiger partial charge in [-0.3, -0.25) is 0 Å². The summed E-state index contributed by atoms with van der Waals surface area (Å²) in [5.41, 5.74) is -1.21. The summed E-state index contributed by atoms with van der Waals surface area (Å²) in [4.78, 5) is 15.9. The lowest BCUT2D eigenvalue weighted by molar-refractivity contribution is -0.140. The van der Waals surface area contributed by atoms with E-state index in [-0.39, 0.29) is 29.6 Å². The van der Waals surface area contributed by atoms with Crippen LogP contribution in [-0.2, 0) is 16.5 Å². The number of likely N-dealkylation sites (tertiary alicyclic amines) is 1. The molecule has 0 aliphatic carbocycles. The number of benzene rings is 1. The molecular formula is C28H35F4N5O3. The monoisotopic (exact) mass is 565 g/mol. The lowest BCUT2D eigenvalue weighted by Gasteiger charge is -2.42. The number of halogens is 4. The molecule has 0 saturated carbocycles. The Morgan fingerprint density at radius 1 is 1.07 bits per heavy atom. The average Bonchev–Trinajstić information content (AvgIpc) is 2.92. The summed E-state index contributed by atoms with van der Waals surface area (Å²) >= 11 is 0. The fraction of sp³-hybridized carbons (Fsp3) is 0.536. The first kappa shape index (κ1) is 29.7. The highest BCUT2D eigenvalue weighted by molar-refractivity contribution is 5.88. The second kappa shape index (κ2) is 11.7. The van der Waals surface area contributed by atoms with Gasteiger partial charge in [-0.1, -0.05) is 12.1 Å². The fourth-order valence-corrected chi connectivity index (χ4v) is 5.17. The van der Waals surface area contributed by atoms with Crippen LogP contribution in [0.15, 0.2) is 24.3 Å². The van der Waals surface area contributed by atoms with Crippen molar-refractivity contribution < 1.29 is 31.8 Å². The molecule has 8 nitrogen and oxygen atoms in total. The van der Waals surface area contributed by atoms with Crippen LogP contribution in [0.1, 0.15) is 63.3 Å². The minimum absolute atomic E-state index is 0.0169. The maximum Gasteiger partial charge on any atom is 0.419 e. The molecule has 1 N–H and O–H groups in total. The largest absolute Gasteiger partial charge is 0.481 e. The SMILES string of the molecule is CCOc1nc(N[C@H](C)c2cccc(C(F)(F)F)c2F)c2cc(C3(OC)CCN(C(C)C)CC3)c(OC)nc2n1. The Morgan fingerprint density at radius 3 is 2.35 bits per heavy atom. The second-order valence-electron chi connectivity index (χ2n) is 10.1. The molecule has 1 saturated heterocycles. The van der Waals surface area contributed by atoms with Crippen LogP contribution in [0.25, 0.3) is 11.0 Å². The first-order valence-electron chi connectivity index (χ1n) is 13.3. The highest BCUT2D eigenvalue weighted by atomic mass is 19.4. The van der Waals surface area contributed by atoms with Gasteiger partial charge in [-0.2, -0.15) is 28.1 Å². The molecule has 1 atom stereocenters. The number of alkyl halides is 3. The van der Waals surface area contributed by atoms with E-state index >= 15 is 0 Å².